The van der Waals surface area contributed by atoms with Gasteiger partial charge >= 0.3 is 0 Å². The molecule has 0 amide bonds. The van der Waals surface area contributed by atoms with Gasteiger partial charge in [0.05, 0.1) is 6.61 Å². The zero-order valence-corrected chi connectivity index (χ0v) is 14.0. The van der Waals surface area contributed by atoms with Crippen LogP contribution in [0, 0.1) is 5.92 Å². The van der Waals surface area contributed by atoms with Crippen LogP contribution in [-0.4, -0.2) is 21.1 Å². The van der Waals surface area contributed by atoms with Gasteiger partial charge in [-0.2, -0.15) is 0 Å². The summed E-state index contributed by atoms with van der Waals surface area (Å²) in [5.74, 6) is 0.796. The number of nitrogens with two attached hydrogens (primary N) is 1. The van der Waals surface area contributed by atoms with Crippen molar-refractivity contribution in [1.82, 2.24) is 4.72 Å². The molecule has 2 atom stereocenters. The molecule has 1 aromatic carbocycles. The lowest BCUT2D eigenvalue weighted by Crippen LogP contribution is -2.34. The standard InChI is InChI=1S/C15H26N2O3S/c1-5-11(3)9-12(4)17-21(18,19)15-10-13(16)7-8-14(15)20-6-2/h7-8,10-12,17H,5-6,9,16H2,1-4H3. The summed E-state index contributed by atoms with van der Waals surface area (Å²) in [5, 5.41) is 0. The molecule has 0 fully saturated rings. The van der Waals surface area contributed by atoms with Crippen molar-refractivity contribution in [3.05, 3.63) is 18.2 Å². The van der Waals surface area contributed by atoms with E-state index >= 15 is 0 Å². The maximum Gasteiger partial charge on any atom is 0.244 e. The highest BCUT2D eigenvalue weighted by molar-refractivity contribution is 7.89. The quantitative estimate of drug-likeness (QED) is 0.723. The van der Waals surface area contributed by atoms with Gasteiger partial charge in [0, 0.05) is 11.7 Å². The fourth-order valence-electron chi connectivity index (χ4n) is 2.16. The molecule has 1 aromatic rings. The van der Waals surface area contributed by atoms with Crippen molar-refractivity contribution in [3.8, 4) is 5.75 Å². The molecule has 0 saturated heterocycles. The van der Waals surface area contributed by atoms with Gasteiger partial charge < -0.3 is 10.5 Å². The van der Waals surface area contributed by atoms with Gasteiger partial charge in [0.1, 0.15) is 10.6 Å². The molecule has 2 unspecified atom stereocenters. The van der Waals surface area contributed by atoms with Crippen LogP contribution in [0.25, 0.3) is 0 Å². The average Bonchev–Trinajstić information content (AvgIpc) is 2.40. The van der Waals surface area contributed by atoms with E-state index in [0.29, 0.717) is 24.0 Å². The van der Waals surface area contributed by atoms with Gasteiger partial charge in [-0.25, -0.2) is 13.1 Å². The Kier molecular flexibility index (Phi) is 6.48. The summed E-state index contributed by atoms with van der Waals surface area (Å²) < 4.78 is 33.1. The maximum atomic E-state index is 12.5. The first-order valence-electron chi connectivity index (χ1n) is 7.34. The maximum absolute atomic E-state index is 12.5. The van der Waals surface area contributed by atoms with Crippen molar-refractivity contribution in [2.75, 3.05) is 12.3 Å². The van der Waals surface area contributed by atoms with Crippen LogP contribution in [-0.2, 0) is 10.0 Å². The van der Waals surface area contributed by atoms with E-state index in [1.54, 1.807) is 12.1 Å². The van der Waals surface area contributed by atoms with Crippen LogP contribution < -0.4 is 15.2 Å². The molecule has 0 saturated carbocycles. The molecule has 0 heterocycles. The topological polar surface area (TPSA) is 81.4 Å². The summed E-state index contributed by atoms with van der Waals surface area (Å²) >= 11 is 0. The van der Waals surface area contributed by atoms with Crippen molar-refractivity contribution in [2.45, 2.75) is 51.5 Å². The normalized spacial score (nSPS) is 14.7. The van der Waals surface area contributed by atoms with Gasteiger partial charge in [-0.1, -0.05) is 20.3 Å². The monoisotopic (exact) mass is 314 g/mol. The third-order valence-electron chi connectivity index (χ3n) is 3.37. The Morgan fingerprint density at radius 2 is 1.95 bits per heavy atom. The summed E-state index contributed by atoms with van der Waals surface area (Å²) in [4.78, 5) is 0.0975. The minimum absolute atomic E-state index is 0.0975. The number of hydrogen-bond acceptors (Lipinski definition) is 4. The van der Waals surface area contributed by atoms with E-state index in [0.717, 1.165) is 12.8 Å². The van der Waals surface area contributed by atoms with Crippen LogP contribution in [0.1, 0.15) is 40.5 Å². The predicted octanol–water partition coefficient (Wildman–Crippen LogP) is 2.77. The van der Waals surface area contributed by atoms with Gasteiger partial charge in [0.25, 0.3) is 0 Å². The summed E-state index contributed by atoms with van der Waals surface area (Å²) in [5.41, 5.74) is 6.10. The van der Waals surface area contributed by atoms with Crippen molar-refractivity contribution in [1.29, 1.82) is 0 Å². The molecule has 21 heavy (non-hydrogen) atoms. The lowest BCUT2D eigenvalue weighted by atomic mass is 10.0. The predicted molar refractivity (Wildman–Crippen MR) is 85.9 cm³/mol. The van der Waals surface area contributed by atoms with Crippen LogP contribution in [0.15, 0.2) is 23.1 Å². The van der Waals surface area contributed by atoms with Gasteiger partial charge in [0.2, 0.25) is 10.0 Å². The van der Waals surface area contributed by atoms with Crippen LogP contribution in [0.4, 0.5) is 5.69 Å². The smallest absolute Gasteiger partial charge is 0.244 e. The Hall–Kier alpha value is -1.27. The third-order valence-corrected chi connectivity index (χ3v) is 4.98. The number of hydrogen-bond donors (Lipinski definition) is 2. The number of sulfonamides is 1. The fourth-order valence-corrected chi connectivity index (χ4v) is 3.59. The molecule has 120 valence electrons. The number of ether oxygens (including phenoxy) is 1. The molecule has 0 bridgehead atoms. The highest BCUT2D eigenvalue weighted by Gasteiger charge is 2.22. The molecule has 0 aliphatic carbocycles. The number of benzene rings is 1. The zero-order valence-electron chi connectivity index (χ0n) is 13.2. The molecule has 1 rings (SSSR count). The number of nitrogens with one attached hydrogen (secondary N) is 1. The van der Waals surface area contributed by atoms with E-state index < -0.39 is 10.0 Å². The van der Waals surface area contributed by atoms with Crippen LogP contribution in [0.2, 0.25) is 0 Å². The fraction of sp³-hybridized carbons (Fsp3) is 0.600. The molecule has 0 aromatic heterocycles. The van der Waals surface area contributed by atoms with Crippen LogP contribution in [0.5, 0.6) is 5.75 Å². The highest BCUT2D eigenvalue weighted by atomic mass is 32.2. The molecule has 0 spiro atoms. The summed E-state index contributed by atoms with van der Waals surface area (Å²) in [6.07, 6.45) is 1.82. The van der Waals surface area contributed by atoms with Crippen molar-refractivity contribution in [2.24, 2.45) is 5.92 Å². The Morgan fingerprint density at radius 1 is 1.29 bits per heavy atom. The van der Waals surface area contributed by atoms with E-state index in [1.807, 2.05) is 13.8 Å². The molecule has 0 radical (unpaired) electrons. The molecule has 6 heteroatoms. The highest BCUT2D eigenvalue weighted by Crippen LogP contribution is 2.26. The Balaban J connectivity index is 2.99. The van der Waals surface area contributed by atoms with Crippen molar-refractivity contribution >= 4 is 15.7 Å². The lowest BCUT2D eigenvalue weighted by molar-refractivity contribution is 0.331. The minimum Gasteiger partial charge on any atom is -0.492 e. The average molecular weight is 314 g/mol. The first-order chi connectivity index (χ1) is 9.80. The molecule has 0 aliphatic heterocycles. The van der Waals surface area contributed by atoms with Gasteiger partial charge in [-0.3, -0.25) is 0 Å². The molecular weight excluding hydrogens is 288 g/mol. The summed E-state index contributed by atoms with van der Waals surface area (Å²) in [7, 11) is -3.64. The molecular formula is C15H26N2O3S. The second-order valence-electron chi connectivity index (χ2n) is 5.41. The largest absolute Gasteiger partial charge is 0.492 e. The second kappa shape index (κ2) is 7.66. The summed E-state index contributed by atoms with van der Waals surface area (Å²) in [6.45, 7) is 8.28. The first kappa shape index (κ1) is 17.8. The Bertz CT molecular complexity index is 558. The van der Waals surface area contributed by atoms with Crippen LogP contribution >= 0.6 is 0 Å². The van der Waals surface area contributed by atoms with E-state index in [4.69, 9.17) is 10.5 Å². The van der Waals surface area contributed by atoms with Gasteiger partial charge in [0.15, 0.2) is 0 Å². The summed E-state index contributed by atoms with van der Waals surface area (Å²) in [6, 6.07) is 4.52. The second-order valence-corrected chi connectivity index (χ2v) is 7.09. The van der Waals surface area contributed by atoms with E-state index in [9.17, 15) is 8.42 Å². The van der Waals surface area contributed by atoms with Crippen LogP contribution in [0.3, 0.4) is 0 Å². The van der Waals surface area contributed by atoms with E-state index in [-0.39, 0.29) is 10.9 Å². The number of rotatable bonds is 8. The SMILES string of the molecule is CCOc1ccc(N)cc1S(=O)(=O)NC(C)CC(C)CC. The number of anilines is 1. The zero-order chi connectivity index (χ0) is 16.0. The van der Waals surface area contributed by atoms with E-state index in [2.05, 4.69) is 18.6 Å². The molecule has 0 aliphatic rings. The Morgan fingerprint density at radius 3 is 2.52 bits per heavy atom. The van der Waals surface area contributed by atoms with E-state index in [1.165, 1.54) is 6.07 Å². The van der Waals surface area contributed by atoms with Crippen molar-refractivity contribution < 1.29 is 13.2 Å². The molecule has 3 N–H and O–H groups in total. The minimum atomic E-state index is -3.64. The lowest BCUT2D eigenvalue weighted by Gasteiger charge is -2.19. The van der Waals surface area contributed by atoms with Gasteiger partial charge in [-0.15, -0.1) is 0 Å². The molecule has 5 nitrogen and oxygen atoms in total. The van der Waals surface area contributed by atoms with Gasteiger partial charge in [-0.05, 0) is 44.4 Å². The first-order valence-corrected chi connectivity index (χ1v) is 8.83. The number of nitrogen functional groups attached to an aromatic ring is 1. The Labute approximate surface area is 127 Å². The third kappa shape index (κ3) is 5.21. The van der Waals surface area contributed by atoms with Crippen molar-refractivity contribution in [3.63, 3.8) is 0 Å².